The first-order chi connectivity index (χ1) is 13.7. The van der Waals surface area contributed by atoms with E-state index >= 15 is 0 Å². The molecule has 1 heterocycles. The van der Waals surface area contributed by atoms with E-state index in [-0.39, 0.29) is 30.0 Å². The molecule has 0 amide bonds. The maximum absolute atomic E-state index is 6.10. The molecule has 29 heavy (non-hydrogen) atoms. The molecule has 0 aliphatic carbocycles. The smallest absolute Gasteiger partial charge is 0.188 e. The van der Waals surface area contributed by atoms with Crippen LogP contribution in [0.5, 0.6) is 11.5 Å². The molecule has 1 aromatic rings. The monoisotopic (exact) mass is 520 g/mol. The summed E-state index contributed by atoms with van der Waals surface area (Å²) in [5.74, 6) is 1.96. The highest BCUT2D eigenvalue weighted by molar-refractivity contribution is 14.0. The van der Waals surface area contributed by atoms with Crippen LogP contribution in [0, 0.1) is 0 Å². The highest BCUT2D eigenvalue weighted by Crippen LogP contribution is 2.32. The summed E-state index contributed by atoms with van der Waals surface area (Å²) in [5.41, 5.74) is 7.24. The maximum atomic E-state index is 6.10. The first kappa shape index (κ1) is 25.8. The van der Waals surface area contributed by atoms with E-state index in [0.717, 1.165) is 56.3 Å². The molecular weight excluding hydrogens is 483 g/mol. The van der Waals surface area contributed by atoms with Crippen LogP contribution < -0.4 is 20.5 Å². The first-order valence-corrected chi connectivity index (χ1v) is 10.3. The molecule has 0 bridgehead atoms. The summed E-state index contributed by atoms with van der Waals surface area (Å²) in [7, 11) is 3.30. The SMILES string of the molecule is CCCCCCNC(N)=NCC(c1ccc(OC)c(OC)c1)N1CCOCC1.I. The minimum absolute atomic E-state index is 0. The summed E-state index contributed by atoms with van der Waals surface area (Å²) < 4.78 is 16.4. The number of benzene rings is 1. The number of nitrogens with two attached hydrogens (primary N) is 1. The lowest BCUT2D eigenvalue weighted by atomic mass is 10.0. The Kier molecular flexibility index (Phi) is 13.0. The molecule has 1 aromatic carbocycles. The number of hydrogen-bond acceptors (Lipinski definition) is 5. The topological polar surface area (TPSA) is 81.3 Å². The lowest BCUT2D eigenvalue weighted by Gasteiger charge is -2.34. The number of aliphatic imine (C=N–C) groups is 1. The Morgan fingerprint density at radius 2 is 1.90 bits per heavy atom. The average molecular weight is 520 g/mol. The van der Waals surface area contributed by atoms with Crippen LogP contribution in [0.1, 0.15) is 44.2 Å². The molecule has 166 valence electrons. The standard InChI is InChI=1S/C21H36N4O3.HI/c1-4-5-6-7-10-23-21(22)24-16-18(25-11-13-28-14-12-25)17-8-9-19(26-2)20(15-17)27-3;/h8-9,15,18H,4-7,10-14,16H2,1-3H3,(H3,22,23,24);1H. The van der Waals surface area contributed by atoms with E-state index in [2.05, 4.69) is 28.2 Å². The summed E-state index contributed by atoms with van der Waals surface area (Å²) in [5, 5.41) is 3.23. The van der Waals surface area contributed by atoms with Crippen molar-refractivity contribution in [2.24, 2.45) is 10.7 Å². The maximum Gasteiger partial charge on any atom is 0.188 e. The van der Waals surface area contributed by atoms with Gasteiger partial charge in [0.1, 0.15) is 0 Å². The minimum Gasteiger partial charge on any atom is -0.493 e. The fraction of sp³-hybridized carbons (Fsp3) is 0.667. The number of unbranched alkanes of at least 4 members (excludes halogenated alkanes) is 3. The summed E-state index contributed by atoms with van der Waals surface area (Å²) in [6.07, 6.45) is 4.83. The first-order valence-electron chi connectivity index (χ1n) is 10.3. The largest absolute Gasteiger partial charge is 0.493 e. The Morgan fingerprint density at radius 3 is 2.55 bits per heavy atom. The number of nitrogens with one attached hydrogen (secondary N) is 1. The van der Waals surface area contributed by atoms with E-state index in [1.54, 1.807) is 14.2 Å². The molecule has 1 saturated heterocycles. The highest BCUT2D eigenvalue weighted by Gasteiger charge is 2.23. The average Bonchev–Trinajstić information content (AvgIpc) is 2.74. The molecule has 1 fully saturated rings. The Hall–Kier alpha value is -1.26. The van der Waals surface area contributed by atoms with Gasteiger partial charge in [0, 0.05) is 19.6 Å². The molecule has 0 spiro atoms. The lowest BCUT2D eigenvalue weighted by Crippen LogP contribution is -2.41. The quantitative estimate of drug-likeness (QED) is 0.202. The fourth-order valence-electron chi connectivity index (χ4n) is 3.39. The highest BCUT2D eigenvalue weighted by atomic mass is 127. The van der Waals surface area contributed by atoms with Crippen LogP contribution in [0.2, 0.25) is 0 Å². The second-order valence-corrected chi connectivity index (χ2v) is 6.99. The van der Waals surface area contributed by atoms with Gasteiger partial charge in [-0.15, -0.1) is 24.0 Å². The van der Waals surface area contributed by atoms with Crippen molar-refractivity contribution in [3.05, 3.63) is 23.8 Å². The summed E-state index contributed by atoms with van der Waals surface area (Å²) >= 11 is 0. The normalized spacial score (nSPS) is 16.0. The Labute approximate surface area is 192 Å². The third-order valence-electron chi connectivity index (χ3n) is 5.05. The van der Waals surface area contributed by atoms with E-state index in [9.17, 15) is 0 Å². The molecule has 0 radical (unpaired) electrons. The molecule has 7 nitrogen and oxygen atoms in total. The third kappa shape index (κ3) is 8.55. The van der Waals surface area contributed by atoms with E-state index < -0.39 is 0 Å². The van der Waals surface area contributed by atoms with Crippen LogP contribution in [0.4, 0.5) is 0 Å². The van der Waals surface area contributed by atoms with Crippen molar-refractivity contribution in [3.8, 4) is 11.5 Å². The van der Waals surface area contributed by atoms with Gasteiger partial charge in [0.05, 0.1) is 40.0 Å². The minimum atomic E-state index is 0. The van der Waals surface area contributed by atoms with Crippen LogP contribution >= 0.6 is 24.0 Å². The van der Waals surface area contributed by atoms with Gasteiger partial charge in [-0.05, 0) is 24.1 Å². The number of hydrogen-bond donors (Lipinski definition) is 2. The Morgan fingerprint density at radius 1 is 1.17 bits per heavy atom. The zero-order chi connectivity index (χ0) is 20.2. The molecular formula is C21H37IN4O3. The van der Waals surface area contributed by atoms with Crippen LogP contribution in [0.3, 0.4) is 0 Å². The summed E-state index contributed by atoms with van der Waals surface area (Å²) in [6, 6.07) is 6.17. The molecule has 1 atom stereocenters. The molecule has 0 saturated carbocycles. The number of ether oxygens (including phenoxy) is 3. The van der Waals surface area contributed by atoms with Crippen molar-refractivity contribution in [1.29, 1.82) is 0 Å². The molecule has 1 unspecified atom stereocenters. The van der Waals surface area contributed by atoms with Crippen molar-refractivity contribution < 1.29 is 14.2 Å². The van der Waals surface area contributed by atoms with Gasteiger partial charge in [-0.2, -0.15) is 0 Å². The fourth-order valence-corrected chi connectivity index (χ4v) is 3.39. The number of nitrogens with zero attached hydrogens (tertiary/aromatic N) is 2. The van der Waals surface area contributed by atoms with Crippen LogP contribution in [-0.4, -0.2) is 64.5 Å². The zero-order valence-electron chi connectivity index (χ0n) is 18.0. The van der Waals surface area contributed by atoms with Crippen LogP contribution in [0.15, 0.2) is 23.2 Å². The van der Waals surface area contributed by atoms with Crippen LogP contribution in [-0.2, 0) is 4.74 Å². The molecule has 1 aliphatic rings. The van der Waals surface area contributed by atoms with Gasteiger partial charge >= 0.3 is 0 Å². The van der Waals surface area contributed by atoms with Crippen LogP contribution in [0.25, 0.3) is 0 Å². The predicted octanol–water partition coefficient (Wildman–Crippen LogP) is 3.18. The second-order valence-electron chi connectivity index (χ2n) is 6.99. The number of methoxy groups -OCH3 is 2. The van der Waals surface area contributed by atoms with E-state index in [1.165, 1.54) is 19.3 Å². The number of guanidine groups is 1. The summed E-state index contributed by atoms with van der Waals surface area (Å²) in [6.45, 7) is 6.88. The summed E-state index contributed by atoms with van der Waals surface area (Å²) in [4.78, 5) is 7.01. The van der Waals surface area contributed by atoms with Gasteiger partial charge < -0.3 is 25.3 Å². The Bertz CT molecular complexity index is 610. The van der Waals surface area contributed by atoms with Gasteiger partial charge in [-0.3, -0.25) is 9.89 Å². The van der Waals surface area contributed by atoms with Crippen molar-refractivity contribution in [3.63, 3.8) is 0 Å². The molecule has 8 heteroatoms. The number of halogens is 1. The van der Waals surface area contributed by atoms with Gasteiger partial charge in [0.15, 0.2) is 17.5 Å². The van der Waals surface area contributed by atoms with E-state index in [1.807, 2.05) is 12.1 Å². The van der Waals surface area contributed by atoms with Gasteiger partial charge in [-0.25, -0.2) is 0 Å². The molecule has 3 N–H and O–H groups in total. The van der Waals surface area contributed by atoms with Gasteiger partial charge in [0.2, 0.25) is 0 Å². The predicted molar refractivity (Wildman–Crippen MR) is 129 cm³/mol. The van der Waals surface area contributed by atoms with Gasteiger partial charge in [-0.1, -0.05) is 32.3 Å². The van der Waals surface area contributed by atoms with E-state index in [0.29, 0.717) is 12.5 Å². The van der Waals surface area contributed by atoms with Crippen molar-refractivity contribution in [1.82, 2.24) is 10.2 Å². The van der Waals surface area contributed by atoms with Crippen molar-refractivity contribution >= 4 is 29.9 Å². The Balaban J connectivity index is 0.00000420. The number of morpholine rings is 1. The van der Waals surface area contributed by atoms with Gasteiger partial charge in [0.25, 0.3) is 0 Å². The molecule has 1 aliphatic heterocycles. The lowest BCUT2D eigenvalue weighted by molar-refractivity contribution is 0.0179. The third-order valence-corrected chi connectivity index (χ3v) is 5.05. The molecule has 2 rings (SSSR count). The molecule has 0 aromatic heterocycles. The zero-order valence-corrected chi connectivity index (χ0v) is 20.3. The van der Waals surface area contributed by atoms with E-state index in [4.69, 9.17) is 19.9 Å². The van der Waals surface area contributed by atoms with Crippen molar-refractivity contribution in [2.75, 3.05) is 53.6 Å². The number of rotatable bonds is 11. The van der Waals surface area contributed by atoms with Crippen molar-refractivity contribution in [2.45, 2.75) is 38.6 Å². The second kappa shape index (κ2) is 14.7.